The zero-order chi connectivity index (χ0) is 12.4. The van der Waals surface area contributed by atoms with Crippen LogP contribution in [-0.2, 0) is 22.4 Å². The average Bonchev–Trinajstić information content (AvgIpc) is 2.74. The molecule has 0 aromatic carbocycles. The van der Waals surface area contributed by atoms with Crippen LogP contribution in [0.3, 0.4) is 0 Å². The second-order valence-corrected chi connectivity index (χ2v) is 3.67. The Labute approximate surface area is 95.4 Å². The molecule has 1 aromatic heterocycles. The van der Waals surface area contributed by atoms with Crippen molar-refractivity contribution in [2.24, 2.45) is 0 Å². The molecule has 0 saturated carbocycles. The van der Waals surface area contributed by atoms with Crippen LogP contribution >= 0.6 is 0 Å². The number of hydrogen-bond acceptors (Lipinski definition) is 4. The van der Waals surface area contributed by atoms with Crippen LogP contribution in [0.5, 0.6) is 0 Å². The van der Waals surface area contributed by atoms with Crippen molar-refractivity contribution < 1.29 is 19.5 Å². The number of nitrogens with zero attached hydrogens (tertiary/aromatic N) is 1. The quantitative estimate of drug-likeness (QED) is 0.490. The Morgan fingerprint density at radius 2 is 2.24 bits per heavy atom. The molecule has 90 valence electrons. The number of hydrogen-bond donors (Lipinski definition) is 4. The maximum Gasteiger partial charge on any atom is 0.322 e. The fourth-order valence-corrected chi connectivity index (χ4v) is 1.58. The van der Waals surface area contributed by atoms with E-state index in [4.69, 9.17) is 5.11 Å². The van der Waals surface area contributed by atoms with Crippen LogP contribution in [0.25, 0.3) is 0 Å². The minimum atomic E-state index is -0.966. The van der Waals surface area contributed by atoms with Gasteiger partial charge < -0.3 is 10.4 Å². The first-order chi connectivity index (χ1) is 8.04. The number of nitrogens with one attached hydrogen (secondary N) is 3. The lowest BCUT2D eigenvalue weighted by Crippen LogP contribution is -2.31. The maximum absolute atomic E-state index is 11.2. The molecular weight excluding hydrogens is 228 g/mol. The smallest absolute Gasteiger partial charge is 0.322 e. The fraction of sp³-hybridized carbons (Fsp3) is 0.333. The van der Waals surface area contributed by atoms with E-state index in [1.54, 1.807) is 6.07 Å². The van der Waals surface area contributed by atoms with Gasteiger partial charge in [-0.25, -0.2) is 4.79 Å². The summed E-state index contributed by atoms with van der Waals surface area (Å²) in [6.07, 6.45) is 0.0733. The summed E-state index contributed by atoms with van der Waals surface area (Å²) < 4.78 is 0. The van der Waals surface area contributed by atoms with Crippen molar-refractivity contribution in [3.63, 3.8) is 0 Å². The second-order valence-electron chi connectivity index (χ2n) is 3.67. The number of aliphatic carboxylic acids is 1. The molecule has 0 bridgehead atoms. The zero-order valence-corrected chi connectivity index (χ0v) is 8.69. The third kappa shape index (κ3) is 2.60. The molecule has 1 aliphatic rings. The number of carboxylic acid groups (broad SMARTS) is 1. The van der Waals surface area contributed by atoms with E-state index in [0.717, 1.165) is 0 Å². The molecule has 17 heavy (non-hydrogen) atoms. The van der Waals surface area contributed by atoms with E-state index in [-0.39, 0.29) is 12.8 Å². The first-order valence-electron chi connectivity index (χ1n) is 4.91. The topological polar surface area (TPSA) is 124 Å². The first-order valence-corrected chi connectivity index (χ1v) is 4.91. The summed E-state index contributed by atoms with van der Waals surface area (Å²) in [7, 11) is 0. The summed E-state index contributed by atoms with van der Waals surface area (Å²) in [5, 5.41) is 19.5. The molecule has 1 aromatic rings. The summed E-state index contributed by atoms with van der Waals surface area (Å²) >= 11 is 0. The molecule has 8 heteroatoms. The zero-order valence-electron chi connectivity index (χ0n) is 8.69. The third-order valence-electron chi connectivity index (χ3n) is 2.30. The highest BCUT2D eigenvalue weighted by Crippen LogP contribution is 2.06. The highest BCUT2D eigenvalue weighted by molar-refractivity contribution is 6.04. The molecule has 1 fully saturated rings. The number of aromatic amines is 1. The monoisotopic (exact) mass is 238 g/mol. The van der Waals surface area contributed by atoms with Crippen LogP contribution in [0.15, 0.2) is 6.07 Å². The van der Waals surface area contributed by atoms with Gasteiger partial charge in [0.05, 0.1) is 12.1 Å². The Balaban J connectivity index is 1.99. The molecule has 0 aliphatic carbocycles. The van der Waals surface area contributed by atoms with Gasteiger partial charge in [0.2, 0.25) is 0 Å². The number of H-pyrrole nitrogens is 1. The lowest BCUT2D eigenvalue weighted by Gasteiger charge is -2.02. The fourth-order valence-electron chi connectivity index (χ4n) is 1.58. The highest BCUT2D eigenvalue weighted by Gasteiger charge is 2.30. The van der Waals surface area contributed by atoms with Gasteiger partial charge in [-0.2, -0.15) is 5.10 Å². The summed E-state index contributed by atoms with van der Waals surface area (Å²) in [5.41, 5.74) is 0.987. The van der Waals surface area contributed by atoms with Gasteiger partial charge in [0, 0.05) is 12.1 Å². The van der Waals surface area contributed by atoms with E-state index in [2.05, 4.69) is 20.8 Å². The predicted octanol–water partition coefficient (Wildman–Crippen LogP) is -1.21. The SMILES string of the molecule is O=C(O)Cc1cc(CC2NC(=O)NC2=O)n[nH]1. The van der Waals surface area contributed by atoms with Crippen LogP contribution in [0.4, 0.5) is 4.79 Å². The first kappa shape index (κ1) is 11.1. The van der Waals surface area contributed by atoms with E-state index in [1.807, 2.05) is 0 Å². The number of imide groups is 1. The minimum absolute atomic E-state index is 0.157. The van der Waals surface area contributed by atoms with Crippen molar-refractivity contribution in [3.8, 4) is 0 Å². The van der Waals surface area contributed by atoms with E-state index in [9.17, 15) is 14.4 Å². The van der Waals surface area contributed by atoms with Crippen LogP contribution < -0.4 is 10.6 Å². The second kappa shape index (κ2) is 4.24. The van der Waals surface area contributed by atoms with E-state index in [1.165, 1.54) is 0 Å². The molecule has 1 aliphatic heterocycles. The largest absolute Gasteiger partial charge is 0.481 e. The Morgan fingerprint density at radius 1 is 1.47 bits per heavy atom. The molecule has 0 radical (unpaired) electrons. The number of aromatic nitrogens is 2. The molecule has 8 nitrogen and oxygen atoms in total. The number of urea groups is 1. The number of carboxylic acids is 1. The summed E-state index contributed by atoms with van der Waals surface area (Å²) in [6, 6.07) is 0.385. The Kier molecular flexibility index (Phi) is 2.77. The van der Waals surface area contributed by atoms with Crippen molar-refractivity contribution in [2.45, 2.75) is 18.9 Å². The van der Waals surface area contributed by atoms with Crippen LogP contribution in [-0.4, -0.2) is 39.3 Å². The van der Waals surface area contributed by atoms with E-state index in [0.29, 0.717) is 11.4 Å². The maximum atomic E-state index is 11.2. The molecule has 0 spiro atoms. The number of carbonyl (C=O) groups excluding carboxylic acids is 2. The van der Waals surface area contributed by atoms with Gasteiger partial charge in [-0.3, -0.25) is 20.0 Å². The van der Waals surface area contributed by atoms with Crippen LogP contribution in [0.1, 0.15) is 11.4 Å². The van der Waals surface area contributed by atoms with Crippen LogP contribution in [0.2, 0.25) is 0 Å². The Hall–Kier alpha value is -2.38. The van der Waals surface area contributed by atoms with E-state index < -0.39 is 23.9 Å². The number of amides is 3. The number of rotatable bonds is 4. The molecule has 3 amide bonds. The molecule has 2 rings (SSSR count). The average molecular weight is 238 g/mol. The van der Waals surface area contributed by atoms with Crippen molar-refractivity contribution in [2.75, 3.05) is 0 Å². The summed E-state index contributed by atoms with van der Waals surface area (Å²) in [6.45, 7) is 0. The standard InChI is InChI=1S/C9H10N4O4/c14-7(15)3-5-1-4(12-13-5)2-6-8(16)11-9(17)10-6/h1,6H,2-3H2,(H,12,13)(H,14,15)(H2,10,11,16,17). The molecule has 2 heterocycles. The van der Waals surface area contributed by atoms with Gasteiger partial charge in [0.15, 0.2) is 0 Å². The number of carbonyl (C=O) groups is 3. The van der Waals surface area contributed by atoms with Gasteiger partial charge >= 0.3 is 12.0 Å². The van der Waals surface area contributed by atoms with Crippen molar-refractivity contribution in [1.82, 2.24) is 20.8 Å². The van der Waals surface area contributed by atoms with Gasteiger partial charge in [-0.05, 0) is 6.07 Å². The molecule has 1 unspecified atom stereocenters. The van der Waals surface area contributed by atoms with Crippen LogP contribution in [0, 0.1) is 0 Å². The summed E-state index contributed by atoms with van der Waals surface area (Å²) in [4.78, 5) is 32.6. The van der Waals surface area contributed by atoms with Crippen molar-refractivity contribution in [1.29, 1.82) is 0 Å². The Bertz CT molecular complexity index is 481. The lowest BCUT2D eigenvalue weighted by atomic mass is 10.1. The Morgan fingerprint density at radius 3 is 2.82 bits per heavy atom. The lowest BCUT2D eigenvalue weighted by molar-refractivity contribution is -0.136. The predicted molar refractivity (Wildman–Crippen MR) is 54.1 cm³/mol. The van der Waals surface area contributed by atoms with Gasteiger partial charge in [-0.1, -0.05) is 0 Å². The highest BCUT2D eigenvalue weighted by atomic mass is 16.4. The normalized spacial score (nSPS) is 18.9. The van der Waals surface area contributed by atoms with Crippen molar-refractivity contribution >= 4 is 17.9 Å². The summed E-state index contributed by atoms with van der Waals surface area (Å²) in [5.74, 6) is -1.37. The minimum Gasteiger partial charge on any atom is -0.481 e. The molecule has 4 N–H and O–H groups in total. The van der Waals surface area contributed by atoms with Gasteiger partial charge in [0.25, 0.3) is 5.91 Å². The molecule has 1 atom stereocenters. The molecule has 1 saturated heterocycles. The molecular formula is C9H10N4O4. The third-order valence-corrected chi connectivity index (χ3v) is 2.30. The van der Waals surface area contributed by atoms with Gasteiger partial charge in [-0.15, -0.1) is 0 Å². The van der Waals surface area contributed by atoms with Gasteiger partial charge in [0.1, 0.15) is 6.04 Å². The van der Waals surface area contributed by atoms with Crippen molar-refractivity contribution in [3.05, 3.63) is 17.5 Å². The van der Waals surface area contributed by atoms with E-state index >= 15 is 0 Å².